The second-order valence-electron chi connectivity index (χ2n) is 10.1. The van der Waals surface area contributed by atoms with E-state index in [4.69, 9.17) is 9.47 Å². The van der Waals surface area contributed by atoms with Crippen LogP contribution < -0.4 is 4.72 Å². The Hall–Kier alpha value is -5.65. The quantitative estimate of drug-likeness (QED) is 0.0628. The van der Waals surface area contributed by atoms with Crippen LogP contribution >= 0.6 is 0 Å². The summed E-state index contributed by atoms with van der Waals surface area (Å²) in [6, 6.07) is 20.4. The summed E-state index contributed by atoms with van der Waals surface area (Å²) in [5.74, 6) is -0.683. The molecule has 246 valence electrons. The van der Waals surface area contributed by atoms with Crippen molar-refractivity contribution in [1.82, 2.24) is 19.5 Å². The van der Waals surface area contributed by atoms with Gasteiger partial charge < -0.3 is 19.5 Å². The first-order chi connectivity index (χ1) is 22.3. The topological polar surface area (TPSA) is 167 Å². The first-order valence-electron chi connectivity index (χ1n) is 13.7. The number of rotatable bonds is 10. The Kier molecular flexibility index (Phi) is 9.31. The van der Waals surface area contributed by atoms with E-state index in [0.717, 1.165) is 33.5 Å². The van der Waals surface area contributed by atoms with Gasteiger partial charge in [0.15, 0.2) is 5.69 Å². The number of carbonyl (C=O) groups is 2. The maximum atomic E-state index is 13.5. The van der Waals surface area contributed by atoms with E-state index < -0.39 is 46.9 Å². The molecule has 1 aliphatic rings. The van der Waals surface area contributed by atoms with Crippen LogP contribution in [0.5, 0.6) is 0 Å². The summed E-state index contributed by atoms with van der Waals surface area (Å²) in [5.41, 5.74) is 0.776. The van der Waals surface area contributed by atoms with Crippen LogP contribution in [0.15, 0.2) is 95.1 Å². The molecule has 1 amide bonds. The molecule has 0 spiro atoms. The molecule has 0 unspecified atom stereocenters. The van der Waals surface area contributed by atoms with Crippen molar-refractivity contribution in [2.45, 2.75) is 24.1 Å². The molecule has 4 aromatic rings. The fourth-order valence-corrected chi connectivity index (χ4v) is 5.13. The SMILES string of the molecule is Cc1ccc(-c2cc(C(F)(F)F)nn2-c2ccc(S(=O)(=O)NC(=O)OC3CN(/[N+]([O-])=N\OCOC(=O)c4ccccc4)C3)cc2)cc1. The Labute approximate surface area is 265 Å². The predicted molar refractivity (Wildman–Crippen MR) is 155 cm³/mol. The first-order valence-corrected chi connectivity index (χ1v) is 15.1. The number of benzene rings is 3. The van der Waals surface area contributed by atoms with E-state index in [1.807, 2.05) is 6.92 Å². The zero-order valence-corrected chi connectivity index (χ0v) is 25.1. The Balaban J connectivity index is 1.14. The lowest BCUT2D eigenvalue weighted by atomic mass is 10.1. The van der Waals surface area contributed by atoms with Crippen molar-refractivity contribution in [3.05, 3.63) is 107 Å². The molecule has 0 aliphatic carbocycles. The van der Waals surface area contributed by atoms with Gasteiger partial charge in [0, 0.05) is 5.56 Å². The van der Waals surface area contributed by atoms with Gasteiger partial charge in [0.2, 0.25) is 5.28 Å². The molecule has 1 fully saturated rings. The summed E-state index contributed by atoms with van der Waals surface area (Å²) in [6.45, 7) is 0.910. The molecule has 1 aliphatic heterocycles. The third kappa shape index (κ3) is 7.96. The number of carbonyl (C=O) groups excluding carboxylic acids is 2. The highest BCUT2D eigenvalue weighted by Crippen LogP contribution is 2.33. The number of esters is 1. The van der Waals surface area contributed by atoms with E-state index in [1.54, 1.807) is 47.2 Å². The molecule has 18 heteroatoms. The number of nitrogens with one attached hydrogen (secondary N) is 1. The van der Waals surface area contributed by atoms with E-state index in [2.05, 4.69) is 15.2 Å². The number of alkyl halides is 3. The first kappa shape index (κ1) is 32.7. The monoisotopic (exact) mass is 674 g/mol. The molecule has 0 atom stereocenters. The molecule has 0 bridgehead atoms. The number of hydrogen-bond acceptors (Lipinski definition) is 10. The predicted octanol–water partition coefficient (Wildman–Crippen LogP) is 4.59. The van der Waals surface area contributed by atoms with Crippen LogP contribution in [0.3, 0.4) is 0 Å². The van der Waals surface area contributed by atoms with Crippen molar-refractivity contribution in [2.24, 2.45) is 5.28 Å². The van der Waals surface area contributed by atoms with E-state index in [0.29, 0.717) is 5.56 Å². The highest BCUT2D eigenvalue weighted by Gasteiger charge is 2.38. The molecule has 0 radical (unpaired) electrons. The smallest absolute Gasteiger partial charge is 0.435 e. The summed E-state index contributed by atoms with van der Waals surface area (Å²) in [4.78, 5) is 28.4. The molecule has 14 nitrogen and oxygen atoms in total. The van der Waals surface area contributed by atoms with Crippen LogP contribution in [-0.2, 0) is 30.5 Å². The van der Waals surface area contributed by atoms with Crippen LogP contribution in [0, 0.1) is 12.1 Å². The zero-order chi connectivity index (χ0) is 33.8. The number of aromatic nitrogens is 2. The molecular weight excluding hydrogens is 649 g/mol. The van der Waals surface area contributed by atoms with E-state index >= 15 is 0 Å². The van der Waals surface area contributed by atoms with Crippen molar-refractivity contribution in [1.29, 1.82) is 0 Å². The van der Waals surface area contributed by atoms with Gasteiger partial charge in [-0.05, 0) is 49.4 Å². The summed E-state index contributed by atoms with van der Waals surface area (Å²) < 4.78 is 78.6. The minimum atomic E-state index is -4.72. The Morgan fingerprint density at radius 1 is 1.04 bits per heavy atom. The van der Waals surface area contributed by atoms with Gasteiger partial charge in [-0.2, -0.15) is 18.3 Å². The van der Waals surface area contributed by atoms with Gasteiger partial charge >= 0.3 is 18.2 Å². The number of amides is 1. The molecule has 3 aromatic carbocycles. The zero-order valence-electron chi connectivity index (χ0n) is 24.3. The molecule has 0 saturated carbocycles. The van der Waals surface area contributed by atoms with E-state index in [1.165, 1.54) is 24.3 Å². The number of hydrogen-bond donors (Lipinski definition) is 1. The maximum Gasteiger partial charge on any atom is 0.435 e. The van der Waals surface area contributed by atoms with Crippen LogP contribution in [-0.4, -0.2) is 66.2 Å². The molecule has 47 heavy (non-hydrogen) atoms. The van der Waals surface area contributed by atoms with Gasteiger partial charge in [-0.15, -0.1) is 5.01 Å². The van der Waals surface area contributed by atoms with Crippen LogP contribution in [0.2, 0.25) is 0 Å². The van der Waals surface area contributed by atoms with Crippen LogP contribution in [0.4, 0.5) is 18.0 Å². The van der Waals surface area contributed by atoms with Crippen molar-refractivity contribution < 1.29 is 50.5 Å². The second kappa shape index (κ2) is 13.4. The van der Waals surface area contributed by atoms with E-state index in [9.17, 15) is 36.4 Å². The van der Waals surface area contributed by atoms with Gasteiger partial charge in [0.25, 0.3) is 16.8 Å². The summed E-state index contributed by atoms with van der Waals surface area (Å²) in [5, 5.41) is 19.9. The van der Waals surface area contributed by atoms with Crippen LogP contribution in [0.1, 0.15) is 21.6 Å². The Morgan fingerprint density at radius 2 is 1.70 bits per heavy atom. The fourth-order valence-electron chi connectivity index (χ4n) is 4.25. The molecule has 1 aromatic heterocycles. The number of halogens is 3. The normalized spacial score (nSPS) is 13.9. The van der Waals surface area contributed by atoms with Gasteiger partial charge in [-0.1, -0.05) is 48.0 Å². The molecule has 2 heterocycles. The lowest BCUT2D eigenvalue weighted by molar-refractivity contribution is -0.727. The van der Waals surface area contributed by atoms with Crippen LogP contribution in [0.25, 0.3) is 16.9 Å². The van der Waals surface area contributed by atoms with Crippen molar-refractivity contribution >= 4 is 22.1 Å². The summed E-state index contributed by atoms with van der Waals surface area (Å²) in [7, 11) is -4.45. The average Bonchev–Trinajstić information content (AvgIpc) is 3.48. The van der Waals surface area contributed by atoms with Crippen molar-refractivity contribution in [3.63, 3.8) is 0 Å². The fraction of sp³-hybridized carbons (Fsp3) is 0.207. The lowest BCUT2D eigenvalue weighted by Crippen LogP contribution is -2.56. The number of nitrogens with zero attached hydrogens (tertiary/aromatic N) is 5. The van der Waals surface area contributed by atoms with Gasteiger partial charge in [-0.3, -0.25) is 0 Å². The third-order valence-corrected chi connectivity index (χ3v) is 8.01. The molecule has 5 rings (SSSR count). The standard InChI is InChI=1S/C29H25F3N6O8S/c1-19-7-9-20(10-8-19)25-15-26(29(30,31)32)33-37(25)22-11-13-24(14-12-22)47(42,43)34-28(40)46-23-16-36(17-23)38(41)35-45-18-44-27(39)21-5-3-2-4-6-21/h2-15,23H,16-18H2,1H3,(H,34,40)/b38-35+. The lowest BCUT2D eigenvalue weighted by Gasteiger charge is -2.33. The largest absolute Gasteiger partial charge is 0.569 e. The molecule has 1 N–H and O–H groups in total. The van der Waals surface area contributed by atoms with Gasteiger partial charge in [0.1, 0.15) is 19.2 Å². The Bertz CT molecular complexity index is 1880. The highest BCUT2D eigenvalue weighted by molar-refractivity contribution is 7.90. The minimum Gasteiger partial charge on any atom is -0.569 e. The Morgan fingerprint density at radius 3 is 2.34 bits per heavy atom. The summed E-state index contributed by atoms with van der Waals surface area (Å²) in [6.07, 6.45) is -6.90. The van der Waals surface area contributed by atoms with Gasteiger partial charge in [0.05, 0.1) is 26.8 Å². The average molecular weight is 675 g/mol. The van der Waals surface area contributed by atoms with E-state index in [-0.39, 0.29) is 39.9 Å². The summed E-state index contributed by atoms with van der Waals surface area (Å²) >= 11 is 0. The number of ether oxygens (including phenoxy) is 2. The van der Waals surface area contributed by atoms with Crippen molar-refractivity contribution in [2.75, 3.05) is 19.9 Å². The molecular formula is C29H25F3N6O8S. The second-order valence-corrected chi connectivity index (χ2v) is 11.8. The third-order valence-electron chi connectivity index (χ3n) is 6.68. The molecule has 1 saturated heterocycles. The highest BCUT2D eigenvalue weighted by atomic mass is 32.2. The number of sulfonamides is 1. The maximum absolute atomic E-state index is 13.5. The number of aryl methyl sites for hydroxylation is 1. The van der Waals surface area contributed by atoms with Gasteiger partial charge in [-0.25, -0.2) is 27.4 Å². The minimum absolute atomic E-state index is 0.0495. The number of hydrazine groups is 1. The van der Waals surface area contributed by atoms with Crippen molar-refractivity contribution in [3.8, 4) is 16.9 Å².